The number of fused-ring (bicyclic) bond motifs is 1. The third kappa shape index (κ3) is 3.40. The normalized spacial score (nSPS) is 12.3. The lowest BCUT2D eigenvalue weighted by Gasteiger charge is -2.10. The van der Waals surface area contributed by atoms with E-state index in [0.717, 1.165) is 34.3 Å². The van der Waals surface area contributed by atoms with Crippen LogP contribution in [-0.2, 0) is 11.2 Å². The molecule has 4 N–H and O–H groups in total. The maximum Gasteiger partial charge on any atom is 0.243 e. The molecule has 6 nitrogen and oxygen atoms in total. The lowest BCUT2D eigenvalue weighted by atomic mass is 10.1. The molecule has 25 heavy (non-hydrogen) atoms. The third-order valence-corrected chi connectivity index (χ3v) is 4.14. The first kappa shape index (κ1) is 17.1. The highest BCUT2D eigenvalue weighted by Crippen LogP contribution is 2.26. The fraction of sp³-hybridized carbons (Fsp3) is 0.263. The molecular weight excluding hydrogens is 316 g/mol. The van der Waals surface area contributed by atoms with Gasteiger partial charge < -0.3 is 16.2 Å². The standard InChI is InChI=1S/C19H22N4O2/c1-3-17-15-8-7-13(21-19(25)16(20)11-24)10-18(15)23(22-17)14-6-4-5-12(2)9-14/h4-10,16,24H,3,11,20H2,1-2H3,(H,21,25). The first-order valence-electron chi connectivity index (χ1n) is 8.29. The number of aryl methyl sites for hydroxylation is 2. The number of aliphatic hydroxyl groups is 1. The number of hydrogen-bond acceptors (Lipinski definition) is 4. The number of nitrogens with one attached hydrogen (secondary N) is 1. The summed E-state index contributed by atoms with van der Waals surface area (Å²) < 4.78 is 1.89. The Hall–Kier alpha value is -2.70. The zero-order valence-corrected chi connectivity index (χ0v) is 14.4. The number of nitrogens with zero attached hydrogens (tertiary/aromatic N) is 2. The number of anilines is 1. The molecular formula is C19H22N4O2. The summed E-state index contributed by atoms with van der Waals surface area (Å²) in [5.41, 5.74) is 10.2. The van der Waals surface area contributed by atoms with Crippen molar-refractivity contribution in [2.24, 2.45) is 5.73 Å². The molecule has 1 atom stereocenters. The summed E-state index contributed by atoms with van der Waals surface area (Å²) >= 11 is 0. The molecule has 0 bridgehead atoms. The van der Waals surface area contributed by atoms with Crippen LogP contribution in [0.25, 0.3) is 16.6 Å². The molecule has 3 rings (SSSR count). The molecule has 0 fully saturated rings. The molecule has 0 saturated carbocycles. The largest absolute Gasteiger partial charge is 0.394 e. The summed E-state index contributed by atoms with van der Waals surface area (Å²) in [7, 11) is 0. The van der Waals surface area contributed by atoms with Crippen LogP contribution < -0.4 is 11.1 Å². The van der Waals surface area contributed by atoms with Crippen LogP contribution in [0.5, 0.6) is 0 Å². The summed E-state index contributed by atoms with van der Waals surface area (Å²) in [6.07, 6.45) is 0.816. The van der Waals surface area contributed by atoms with Crippen LogP contribution in [0, 0.1) is 6.92 Å². The minimum Gasteiger partial charge on any atom is -0.394 e. The Labute approximate surface area is 146 Å². The second-order valence-corrected chi connectivity index (χ2v) is 6.06. The molecule has 0 radical (unpaired) electrons. The minimum absolute atomic E-state index is 0.394. The Bertz CT molecular complexity index is 917. The van der Waals surface area contributed by atoms with Crippen molar-refractivity contribution in [3.8, 4) is 5.69 Å². The maximum atomic E-state index is 11.9. The fourth-order valence-corrected chi connectivity index (χ4v) is 2.79. The van der Waals surface area contributed by atoms with E-state index in [2.05, 4.69) is 18.3 Å². The van der Waals surface area contributed by atoms with Crippen LogP contribution in [0.4, 0.5) is 5.69 Å². The van der Waals surface area contributed by atoms with Gasteiger partial charge in [0.2, 0.25) is 5.91 Å². The van der Waals surface area contributed by atoms with Crippen molar-refractivity contribution in [2.45, 2.75) is 26.3 Å². The van der Waals surface area contributed by atoms with Crippen molar-refractivity contribution in [1.29, 1.82) is 0 Å². The van der Waals surface area contributed by atoms with Crippen molar-refractivity contribution in [2.75, 3.05) is 11.9 Å². The quantitative estimate of drug-likeness (QED) is 0.664. The Balaban J connectivity index is 2.08. The predicted molar refractivity (Wildman–Crippen MR) is 98.9 cm³/mol. The van der Waals surface area contributed by atoms with E-state index in [4.69, 9.17) is 15.9 Å². The van der Waals surface area contributed by atoms with Crippen LogP contribution in [-0.4, -0.2) is 33.4 Å². The highest BCUT2D eigenvalue weighted by molar-refractivity contribution is 5.97. The van der Waals surface area contributed by atoms with Gasteiger partial charge in [-0.25, -0.2) is 4.68 Å². The molecule has 3 aromatic rings. The molecule has 0 aliphatic carbocycles. The van der Waals surface area contributed by atoms with Crippen molar-refractivity contribution in [3.05, 3.63) is 53.7 Å². The highest BCUT2D eigenvalue weighted by Gasteiger charge is 2.15. The number of rotatable bonds is 5. The van der Waals surface area contributed by atoms with Crippen molar-refractivity contribution >= 4 is 22.5 Å². The monoisotopic (exact) mass is 338 g/mol. The molecule has 1 heterocycles. The third-order valence-electron chi connectivity index (χ3n) is 4.14. The first-order valence-corrected chi connectivity index (χ1v) is 8.29. The van der Waals surface area contributed by atoms with E-state index in [1.165, 1.54) is 0 Å². The van der Waals surface area contributed by atoms with E-state index in [0.29, 0.717) is 5.69 Å². The van der Waals surface area contributed by atoms with Crippen LogP contribution in [0.3, 0.4) is 0 Å². The van der Waals surface area contributed by atoms with Crippen LogP contribution >= 0.6 is 0 Å². The zero-order valence-electron chi connectivity index (χ0n) is 14.4. The number of aliphatic hydroxyl groups excluding tert-OH is 1. The number of carbonyl (C=O) groups excluding carboxylic acids is 1. The first-order chi connectivity index (χ1) is 12.0. The summed E-state index contributed by atoms with van der Waals surface area (Å²) in [6.45, 7) is 3.71. The second-order valence-electron chi connectivity index (χ2n) is 6.06. The zero-order chi connectivity index (χ0) is 18.0. The van der Waals surface area contributed by atoms with Gasteiger partial charge in [-0.3, -0.25) is 4.79 Å². The van der Waals surface area contributed by atoms with E-state index in [1.54, 1.807) is 0 Å². The molecule has 1 unspecified atom stereocenters. The van der Waals surface area contributed by atoms with Gasteiger partial charge in [0.1, 0.15) is 6.04 Å². The summed E-state index contributed by atoms with van der Waals surface area (Å²) in [5.74, 6) is -0.417. The lowest BCUT2D eigenvalue weighted by Crippen LogP contribution is -2.38. The number of benzene rings is 2. The number of nitrogens with two attached hydrogens (primary N) is 1. The molecule has 0 saturated heterocycles. The Morgan fingerprint density at radius 1 is 1.32 bits per heavy atom. The van der Waals surface area contributed by atoms with Gasteiger partial charge in [0.05, 0.1) is 23.5 Å². The summed E-state index contributed by atoms with van der Waals surface area (Å²) in [5, 5.41) is 17.5. The average Bonchev–Trinajstić information content (AvgIpc) is 2.99. The van der Waals surface area contributed by atoms with Crippen molar-refractivity contribution in [3.63, 3.8) is 0 Å². The van der Waals surface area contributed by atoms with Gasteiger partial charge in [0, 0.05) is 11.1 Å². The summed E-state index contributed by atoms with van der Waals surface area (Å²) in [4.78, 5) is 11.9. The topological polar surface area (TPSA) is 93.2 Å². The lowest BCUT2D eigenvalue weighted by molar-refractivity contribution is -0.118. The molecule has 1 amide bonds. The smallest absolute Gasteiger partial charge is 0.243 e. The molecule has 130 valence electrons. The van der Waals surface area contributed by atoms with Gasteiger partial charge in [-0.15, -0.1) is 0 Å². The number of aromatic nitrogens is 2. The minimum atomic E-state index is -0.941. The fourth-order valence-electron chi connectivity index (χ4n) is 2.79. The molecule has 0 spiro atoms. The Kier molecular flexibility index (Phi) is 4.83. The average molecular weight is 338 g/mol. The van der Waals surface area contributed by atoms with E-state index < -0.39 is 18.6 Å². The molecule has 2 aromatic carbocycles. The number of carbonyl (C=O) groups is 1. The SMILES string of the molecule is CCc1nn(-c2cccc(C)c2)c2cc(NC(=O)C(N)CO)ccc12. The number of hydrogen-bond donors (Lipinski definition) is 3. The molecule has 0 aliphatic rings. The van der Waals surface area contributed by atoms with Crippen molar-refractivity contribution in [1.82, 2.24) is 9.78 Å². The molecule has 6 heteroatoms. The van der Waals surface area contributed by atoms with E-state index in [-0.39, 0.29) is 0 Å². The maximum absolute atomic E-state index is 11.9. The van der Waals surface area contributed by atoms with Gasteiger partial charge in [-0.1, -0.05) is 19.1 Å². The number of amides is 1. The van der Waals surface area contributed by atoms with Gasteiger partial charge in [0.25, 0.3) is 0 Å². The Morgan fingerprint density at radius 3 is 2.80 bits per heavy atom. The van der Waals surface area contributed by atoms with Crippen LogP contribution in [0.1, 0.15) is 18.2 Å². The van der Waals surface area contributed by atoms with E-state index in [1.807, 2.05) is 48.0 Å². The second kappa shape index (κ2) is 7.04. The predicted octanol–water partition coefficient (Wildman–Crippen LogP) is 2.15. The summed E-state index contributed by atoms with van der Waals surface area (Å²) in [6, 6.07) is 12.8. The molecule has 0 aliphatic heterocycles. The van der Waals surface area contributed by atoms with Gasteiger partial charge in [0.15, 0.2) is 0 Å². The van der Waals surface area contributed by atoms with Crippen LogP contribution in [0.15, 0.2) is 42.5 Å². The van der Waals surface area contributed by atoms with Crippen molar-refractivity contribution < 1.29 is 9.90 Å². The van der Waals surface area contributed by atoms with E-state index >= 15 is 0 Å². The van der Waals surface area contributed by atoms with Gasteiger partial charge >= 0.3 is 0 Å². The van der Waals surface area contributed by atoms with Gasteiger partial charge in [-0.05, 0) is 49.2 Å². The van der Waals surface area contributed by atoms with Gasteiger partial charge in [-0.2, -0.15) is 5.10 Å². The Morgan fingerprint density at radius 2 is 2.12 bits per heavy atom. The molecule has 1 aromatic heterocycles. The highest BCUT2D eigenvalue weighted by atomic mass is 16.3. The van der Waals surface area contributed by atoms with E-state index in [9.17, 15) is 4.79 Å². The van der Waals surface area contributed by atoms with Crippen LogP contribution in [0.2, 0.25) is 0 Å².